The molecule has 2 aliphatic rings. The molecule has 2 fully saturated rings. The van der Waals surface area contributed by atoms with E-state index in [0.29, 0.717) is 58.5 Å². The Morgan fingerprint density at radius 2 is 1.77 bits per heavy atom. The first-order chi connectivity index (χ1) is 15.0. The Morgan fingerprint density at radius 3 is 2.48 bits per heavy atom. The number of rotatable bonds is 7. The van der Waals surface area contributed by atoms with Gasteiger partial charge >= 0.3 is 6.09 Å². The summed E-state index contributed by atoms with van der Waals surface area (Å²) in [5.74, 6) is 0.973. The van der Waals surface area contributed by atoms with Crippen LogP contribution in [0.4, 0.5) is 4.79 Å². The van der Waals surface area contributed by atoms with Crippen LogP contribution in [0.15, 0.2) is 54.6 Å². The minimum Gasteiger partial charge on any atom is -0.494 e. The third-order valence-corrected chi connectivity index (χ3v) is 6.11. The molecule has 4 rings (SSSR count). The van der Waals surface area contributed by atoms with E-state index in [1.54, 1.807) is 4.90 Å². The third-order valence-electron chi connectivity index (χ3n) is 6.11. The van der Waals surface area contributed by atoms with Gasteiger partial charge in [0.1, 0.15) is 11.4 Å². The number of ether oxygens (including phenoxy) is 2. The van der Waals surface area contributed by atoms with Gasteiger partial charge < -0.3 is 14.4 Å². The number of aryl methyl sites for hydroxylation is 1. The second-order valence-electron chi connectivity index (χ2n) is 8.54. The normalized spacial score (nSPS) is 17.6. The lowest BCUT2D eigenvalue weighted by Crippen LogP contribution is -2.48. The van der Waals surface area contributed by atoms with Crippen molar-refractivity contribution in [2.24, 2.45) is 0 Å². The fraction of sp³-hybridized carbons (Fsp3) is 0.440. The zero-order chi connectivity index (χ0) is 21.7. The maximum atomic E-state index is 12.6. The molecule has 0 aliphatic carbocycles. The van der Waals surface area contributed by atoms with Crippen molar-refractivity contribution in [3.63, 3.8) is 0 Å². The van der Waals surface area contributed by atoms with Crippen molar-refractivity contribution >= 4 is 12.0 Å². The van der Waals surface area contributed by atoms with Crippen molar-refractivity contribution in [3.05, 3.63) is 65.7 Å². The highest BCUT2D eigenvalue weighted by atomic mass is 16.6. The van der Waals surface area contributed by atoms with Gasteiger partial charge in [0, 0.05) is 38.9 Å². The van der Waals surface area contributed by atoms with Crippen molar-refractivity contribution in [1.82, 2.24) is 9.80 Å². The van der Waals surface area contributed by atoms with Crippen LogP contribution in [0.1, 0.15) is 36.8 Å². The summed E-state index contributed by atoms with van der Waals surface area (Å²) in [6.07, 6.45) is 2.29. The molecule has 2 aliphatic heterocycles. The van der Waals surface area contributed by atoms with E-state index in [1.165, 1.54) is 5.56 Å². The van der Waals surface area contributed by atoms with Crippen LogP contribution in [-0.2, 0) is 16.1 Å². The fourth-order valence-electron chi connectivity index (χ4n) is 4.24. The van der Waals surface area contributed by atoms with E-state index in [-0.39, 0.29) is 12.0 Å². The molecule has 2 amide bonds. The molecule has 0 bridgehead atoms. The highest BCUT2D eigenvalue weighted by molar-refractivity contribution is 5.76. The van der Waals surface area contributed by atoms with E-state index in [0.717, 1.165) is 11.3 Å². The molecule has 2 aromatic rings. The highest BCUT2D eigenvalue weighted by Gasteiger charge is 2.47. The van der Waals surface area contributed by atoms with Gasteiger partial charge in [-0.25, -0.2) is 4.79 Å². The number of para-hydroxylation sites is 1. The molecular weight excluding hydrogens is 392 g/mol. The Bertz CT molecular complexity index is 889. The van der Waals surface area contributed by atoms with Gasteiger partial charge in [-0.15, -0.1) is 0 Å². The number of carbonyl (C=O) groups is 2. The number of hydrogen-bond acceptors (Lipinski definition) is 4. The first-order valence-electron chi connectivity index (χ1n) is 11.0. The van der Waals surface area contributed by atoms with Gasteiger partial charge in [0.15, 0.2) is 0 Å². The molecule has 2 aromatic carbocycles. The number of carbonyl (C=O) groups excluding carboxylic acids is 2. The van der Waals surface area contributed by atoms with Gasteiger partial charge in [-0.3, -0.25) is 9.69 Å². The summed E-state index contributed by atoms with van der Waals surface area (Å²) in [6.45, 7) is 4.99. The zero-order valence-corrected chi connectivity index (χ0v) is 18.1. The van der Waals surface area contributed by atoms with Crippen LogP contribution >= 0.6 is 0 Å². The van der Waals surface area contributed by atoms with Gasteiger partial charge in [-0.2, -0.15) is 0 Å². The monoisotopic (exact) mass is 422 g/mol. The summed E-state index contributed by atoms with van der Waals surface area (Å²) in [4.78, 5) is 28.7. The van der Waals surface area contributed by atoms with Crippen LogP contribution in [0, 0.1) is 6.92 Å². The minimum absolute atomic E-state index is 0.146. The van der Waals surface area contributed by atoms with Crippen molar-refractivity contribution in [3.8, 4) is 5.75 Å². The first kappa shape index (κ1) is 21.2. The third kappa shape index (κ3) is 5.37. The van der Waals surface area contributed by atoms with Crippen LogP contribution in [-0.4, -0.2) is 53.6 Å². The summed E-state index contributed by atoms with van der Waals surface area (Å²) >= 11 is 0. The van der Waals surface area contributed by atoms with Crippen molar-refractivity contribution in [1.29, 1.82) is 0 Å². The Kier molecular flexibility index (Phi) is 6.44. The number of benzene rings is 2. The van der Waals surface area contributed by atoms with E-state index in [2.05, 4.69) is 24.3 Å². The van der Waals surface area contributed by atoms with Crippen LogP contribution in [0.2, 0.25) is 0 Å². The zero-order valence-electron chi connectivity index (χ0n) is 18.1. The largest absolute Gasteiger partial charge is 0.494 e. The van der Waals surface area contributed by atoms with Crippen molar-refractivity contribution < 1.29 is 19.1 Å². The quantitative estimate of drug-likeness (QED) is 0.629. The maximum Gasteiger partial charge on any atom is 0.410 e. The lowest BCUT2D eigenvalue weighted by molar-refractivity contribution is -0.134. The molecule has 0 saturated carbocycles. The van der Waals surface area contributed by atoms with Gasteiger partial charge in [0.05, 0.1) is 13.2 Å². The van der Waals surface area contributed by atoms with Gasteiger partial charge in [-0.1, -0.05) is 48.0 Å². The molecule has 1 spiro atoms. The minimum atomic E-state index is -0.463. The molecule has 6 heteroatoms. The fourth-order valence-corrected chi connectivity index (χ4v) is 4.24. The van der Waals surface area contributed by atoms with E-state index >= 15 is 0 Å². The second-order valence-corrected chi connectivity index (χ2v) is 8.54. The van der Waals surface area contributed by atoms with Crippen LogP contribution in [0.3, 0.4) is 0 Å². The summed E-state index contributed by atoms with van der Waals surface area (Å²) in [5, 5.41) is 0. The Hall–Kier alpha value is -3.02. The van der Waals surface area contributed by atoms with E-state index in [4.69, 9.17) is 9.47 Å². The maximum absolute atomic E-state index is 12.6. The standard InChI is InChI=1S/C25H30N2O4/c1-20-9-11-21(12-10-20)18-27-19-25(31-24(27)29)13-15-26(16-14-25)23(28)8-5-17-30-22-6-3-2-4-7-22/h2-4,6-7,9-12H,5,8,13-19H2,1H3. The van der Waals surface area contributed by atoms with Crippen molar-refractivity contribution in [2.45, 2.75) is 44.8 Å². The Balaban J connectivity index is 1.21. The second kappa shape index (κ2) is 9.41. The van der Waals surface area contributed by atoms with Crippen LogP contribution in [0.5, 0.6) is 5.75 Å². The molecule has 31 heavy (non-hydrogen) atoms. The summed E-state index contributed by atoms with van der Waals surface area (Å²) in [5.41, 5.74) is 1.84. The molecule has 0 atom stereocenters. The van der Waals surface area contributed by atoms with Gasteiger partial charge in [-0.05, 0) is 31.0 Å². The predicted molar refractivity (Wildman–Crippen MR) is 118 cm³/mol. The highest BCUT2D eigenvalue weighted by Crippen LogP contribution is 2.34. The van der Waals surface area contributed by atoms with Crippen LogP contribution < -0.4 is 4.74 Å². The number of likely N-dealkylation sites (tertiary alicyclic amines) is 1. The molecule has 2 saturated heterocycles. The number of nitrogens with zero attached hydrogens (tertiary/aromatic N) is 2. The molecule has 6 nitrogen and oxygen atoms in total. The average Bonchev–Trinajstić information content (AvgIpc) is 3.08. The first-order valence-corrected chi connectivity index (χ1v) is 11.0. The molecular formula is C25H30N2O4. The molecule has 0 radical (unpaired) electrons. The lowest BCUT2D eigenvalue weighted by Gasteiger charge is -2.37. The summed E-state index contributed by atoms with van der Waals surface area (Å²) in [6, 6.07) is 17.9. The Labute approximate surface area is 183 Å². The predicted octanol–water partition coefficient (Wildman–Crippen LogP) is 4.17. The SMILES string of the molecule is Cc1ccc(CN2CC3(CCN(C(=O)CCCOc4ccccc4)CC3)OC2=O)cc1. The van der Waals surface area contributed by atoms with Gasteiger partial charge in [0.2, 0.25) is 5.91 Å². The van der Waals surface area contributed by atoms with Crippen molar-refractivity contribution in [2.75, 3.05) is 26.2 Å². The Morgan fingerprint density at radius 1 is 1.06 bits per heavy atom. The van der Waals surface area contributed by atoms with E-state index < -0.39 is 5.60 Å². The number of piperidine rings is 1. The topological polar surface area (TPSA) is 59.1 Å². The van der Waals surface area contributed by atoms with Gasteiger partial charge in [0.25, 0.3) is 0 Å². The smallest absolute Gasteiger partial charge is 0.410 e. The number of amides is 2. The lowest BCUT2D eigenvalue weighted by atomic mass is 9.91. The van der Waals surface area contributed by atoms with Crippen LogP contribution in [0.25, 0.3) is 0 Å². The average molecular weight is 423 g/mol. The van der Waals surface area contributed by atoms with E-state index in [9.17, 15) is 9.59 Å². The number of hydrogen-bond donors (Lipinski definition) is 0. The molecule has 2 heterocycles. The molecule has 164 valence electrons. The summed E-state index contributed by atoms with van der Waals surface area (Å²) in [7, 11) is 0. The van der Waals surface area contributed by atoms with E-state index in [1.807, 2.05) is 42.2 Å². The molecule has 0 unspecified atom stereocenters. The molecule has 0 N–H and O–H groups in total. The molecule has 0 aromatic heterocycles. The summed E-state index contributed by atoms with van der Waals surface area (Å²) < 4.78 is 11.5.